The van der Waals surface area contributed by atoms with E-state index in [-0.39, 0.29) is 5.91 Å². The molecule has 0 aliphatic carbocycles. The minimum atomic E-state index is 0.0732. The Hall–Kier alpha value is -1.23. The molecule has 1 unspecified atom stereocenters. The number of H-pyrrole nitrogens is 1. The number of aromatic amines is 1. The Morgan fingerprint density at radius 1 is 1.56 bits per heavy atom. The van der Waals surface area contributed by atoms with Crippen molar-refractivity contribution in [3.63, 3.8) is 0 Å². The number of hydrogen-bond donors (Lipinski definition) is 1. The Balaban J connectivity index is 1.84. The molecule has 3 rings (SSSR count). The van der Waals surface area contributed by atoms with Gasteiger partial charge in [-0.3, -0.25) is 4.79 Å². The lowest BCUT2D eigenvalue weighted by molar-refractivity contribution is 0.0678. The molecular formula is C13H15BrN2O2. The fraction of sp³-hybridized carbons (Fsp3) is 0.462. The van der Waals surface area contributed by atoms with Crippen molar-refractivity contribution in [1.82, 2.24) is 9.88 Å². The normalized spacial score (nSPS) is 20.6. The van der Waals surface area contributed by atoms with E-state index < -0.39 is 0 Å². The van der Waals surface area contributed by atoms with Gasteiger partial charge in [0.05, 0.1) is 5.52 Å². The van der Waals surface area contributed by atoms with Crippen LogP contribution in [0.15, 0.2) is 21.2 Å². The molecule has 18 heavy (non-hydrogen) atoms. The molecule has 1 atom stereocenters. The monoisotopic (exact) mass is 310 g/mol. The van der Waals surface area contributed by atoms with Crippen LogP contribution in [0.5, 0.6) is 0 Å². The van der Waals surface area contributed by atoms with Gasteiger partial charge >= 0.3 is 0 Å². The smallest absolute Gasteiger partial charge is 0.270 e. The summed E-state index contributed by atoms with van der Waals surface area (Å²) in [5, 5.41) is 0. The molecule has 1 aliphatic heterocycles. The van der Waals surface area contributed by atoms with Crippen LogP contribution in [0.3, 0.4) is 0 Å². The molecule has 0 bridgehead atoms. The molecule has 0 spiro atoms. The third kappa shape index (κ3) is 2.07. The van der Waals surface area contributed by atoms with Crippen molar-refractivity contribution in [1.29, 1.82) is 0 Å². The fourth-order valence-electron chi connectivity index (χ4n) is 2.55. The molecule has 0 saturated carbocycles. The van der Waals surface area contributed by atoms with Crippen molar-refractivity contribution in [2.45, 2.75) is 19.8 Å². The summed E-state index contributed by atoms with van der Waals surface area (Å²) in [7, 11) is 0. The van der Waals surface area contributed by atoms with E-state index >= 15 is 0 Å². The number of nitrogens with zero attached hydrogens (tertiary/aromatic N) is 1. The zero-order valence-electron chi connectivity index (χ0n) is 10.2. The lowest BCUT2D eigenvalue weighted by Crippen LogP contribution is -2.39. The first kappa shape index (κ1) is 11.8. The van der Waals surface area contributed by atoms with Gasteiger partial charge < -0.3 is 14.3 Å². The van der Waals surface area contributed by atoms with Crippen molar-refractivity contribution in [3.8, 4) is 0 Å². The van der Waals surface area contributed by atoms with Gasteiger partial charge in [0.25, 0.3) is 5.91 Å². The highest BCUT2D eigenvalue weighted by Crippen LogP contribution is 2.25. The Morgan fingerprint density at radius 3 is 3.11 bits per heavy atom. The van der Waals surface area contributed by atoms with Crippen LogP contribution in [0.25, 0.3) is 11.1 Å². The quantitative estimate of drug-likeness (QED) is 0.877. The number of aromatic nitrogens is 1. The highest BCUT2D eigenvalue weighted by Gasteiger charge is 2.23. The average molecular weight is 311 g/mol. The number of fused-ring (bicyclic) bond motifs is 1. The first-order valence-corrected chi connectivity index (χ1v) is 7.00. The second-order valence-corrected chi connectivity index (χ2v) is 5.79. The van der Waals surface area contributed by atoms with Crippen molar-refractivity contribution < 1.29 is 9.21 Å². The molecule has 1 aliphatic rings. The highest BCUT2D eigenvalue weighted by atomic mass is 79.9. The largest absolute Gasteiger partial charge is 0.448 e. The molecule has 4 nitrogen and oxygen atoms in total. The van der Waals surface area contributed by atoms with Gasteiger partial charge in [-0.2, -0.15) is 0 Å². The summed E-state index contributed by atoms with van der Waals surface area (Å²) in [5.74, 6) is 0.666. The van der Waals surface area contributed by atoms with Gasteiger partial charge in [-0.1, -0.05) is 6.92 Å². The maximum Gasteiger partial charge on any atom is 0.270 e. The molecule has 96 valence electrons. The lowest BCUT2D eigenvalue weighted by atomic mass is 10.0. The molecule has 1 N–H and O–H groups in total. The van der Waals surface area contributed by atoms with Crippen LogP contribution in [0, 0.1) is 5.92 Å². The number of halogens is 1. The van der Waals surface area contributed by atoms with Crippen LogP contribution >= 0.6 is 15.9 Å². The van der Waals surface area contributed by atoms with Crippen LogP contribution in [0.2, 0.25) is 0 Å². The number of rotatable bonds is 1. The van der Waals surface area contributed by atoms with Gasteiger partial charge in [-0.25, -0.2) is 0 Å². The molecule has 2 aromatic heterocycles. The number of likely N-dealkylation sites (tertiary alicyclic amines) is 1. The Kier molecular flexibility index (Phi) is 2.93. The van der Waals surface area contributed by atoms with Crippen molar-refractivity contribution in [2.75, 3.05) is 13.1 Å². The van der Waals surface area contributed by atoms with Gasteiger partial charge in [0.2, 0.25) is 0 Å². The molecule has 2 aromatic rings. The maximum absolute atomic E-state index is 12.3. The van der Waals surface area contributed by atoms with E-state index in [1.807, 2.05) is 11.0 Å². The predicted molar refractivity (Wildman–Crippen MR) is 72.6 cm³/mol. The van der Waals surface area contributed by atoms with E-state index in [1.165, 1.54) is 6.42 Å². The molecular weight excluding hydrogens is 296 g/mol. The SMILES string of the molecule is CC1CCCN(C(=O)c2cc3oc(Br)cc3[nH]2)C1. The molecule has 0 radical (unpaired) electrons. The van der Waals surface area contributed by atoms with E-state index in [4.69, 9.17) is 4.42 Å². The number of carbonyl (C=O) groups excluding carboxylic acids is 1. The fourth-order valence-corrected chi connectivity index (χ4v) is 2.95. The van der Waals surface area contributed by atoms with Crippen LogP contribution in [-0.2, 0) is 0 Å². The first-order valence-electron chi connectivity index (χ1n) is 6.21. The third-order valence-corrected chi connectivity index (χ3v) is 3.84. The number of hydrogen-bond acceptors (Lipinski definition) is 2. The van der Waals surface area contributed by atoms with E-state index in [0.29, 0.717) is 16.3 Å². The van der Waals surface area contributed by atoms with Crippen molar-refractivity contribution in [2.24, 2.45) is 5.92 Å². The second kappa shape index (κ2) is 4.46. The predicted octanol–water partition coefficient (Wildman–Crippen LogP) is 3.40. The van der Waals surface area contributed by atoms with Gasteiger partial charge in [0.15, 0.2) is 10.3 Å². The molecule has 1 amide bonds. The average Bonchev–Trinajstić information content (AvgIpc) is 2.85. The van der Waals surface area contributed by atoms with Crippen LogP contribution in [0.1, 0.15) is 30.3 Å². The molecule has 0 aromatic carbocycles. The maximum atomic E-state index is 12.3. The van der Waals surface area contributed by atoms with E-state index in [9.17, 15) is 4.79 Å². The summed E-state index contributed by atoms with van der Waals surface area (Å²) >= 11 is 3.27. The summed E-state index contributed by atoms with van der Waals surface area (Å²) in [5.41, 5.74) is 2.19. The topological polar surface area (TPSA) is 49.2 Å². The number of carbonyl (C=O) groups is 1. The number of amides is 1. The lowest BCUT2D eigenvalue weighted by Gasteiger charge is -2.30. The number of furan rings is 1. The van der Waals surface area contributed by atoms with Crippen LogP contribution in [-0.4, -0.2) is 28.9 Å². The van der Waals surface area contributed by atoms with Crippen LogP contribution in [0.4, 0.5) is 0 Å². The summed E-state index contributed by atoms with van der Waals surface area (Å²) in [6.45, 7) is 3.90. The minimum Gasteiger partial charge on any atom is -0.448 e. The molecule has 3 heterocycles. The molecule has 1 fully saturated rings. The van der Waals surface area contributed by atoms with Crippen molar-refractivity contribution in [3.05, 3.63) is 22.5 Å². The molecule has 5 heteroatoms. The van der Waals surface area contributed by atoms with E-state index in [1.54, 1.807) is 6.07 Å². The first-order chi connectivity index (χ1) is 8.63. The Bertz CT molecular complexity index is 555. The summed E-state index contributed by atoms with van der Waals surface area (Å²) in [6.07, 6.45) is 2.30. The Morgan fingerprint density at radius 2 is 2.39 bits per heavy atom. The summed E-state index contributed by atoms with van der Waals surface area (Å²) < 4.78 is 6.10. The van der Waals surface area contributed by atoms with Gasteiger partial charge in [-0.05, 0) is 34.7 Å². The third-order valence-electron chi connectivity index (χ3n) is 3.45. The zero-order valence-corrected chi connectivity index (χ0v) is 11.8. The van der Waals surface area contributed by atoms with Gasteiger partial charge in [-0.15, -0.1) is 0 Å². The second-order valence-electron chi connectivity index (χ2n) is 5.01. The molecule has 1 saturated heterocycles. The highest BCUT2D eigenvalue weighted by molar-refractivity contribution is 9.10. The summed E-state index contributed by atoms with van der Waals surface area (Å²) in [6, 6.07) is 3.62. The Labute approximate surface area is 113 Å². The minimum absolute atomic E-state index is 0.0732. The number of piperidine rings is 1. The van der Waals surface area contributed by atoms with Gasteiger partial charge in [0.1, 0.15) is 5.69 Å². The standard InChI is InChI=1S/C13H15BrN2O2/c1-8-3-2-4-16(7-8)13(17)10-5-11-9(15-10)6-12(14)18-11/h5-6,8,15H,2-4,7H2,1H3. The summed E-state index contributed by atoms with van der Waals surface area (Å²) in [4.78, 5) is 17.4. The van der Waals surface area contributed by atoms with E-state index in [0.717, 1.165) is 30.6 Å². The van der Waals surface area contributed by atoms with E-state index in [2.05, 4.69) is 27.8 Å². The van der Waals surface area contributed by atoms with Crippen LogP contribution < -0.4 is 0 Å². The van der Waals surface area contributed by atoms with Crippen molar-refractivity contribution >= 4 is 32.9 Å². The van der Waals surface area contributed by atoms with Gasteiger partial charge in [0, 0.05) is 25.2 Å². The zero-order chi connectivity index (χ0) is 12.7. The number of nitrogens with one attached hydrogen (secondary N) is 1.